The third-order valence-corrected chi connectivity index (χ3v) is 4.34. The van der Waals surface area contributed by atoms with Crippen LogP contribution in [-0.2, 0) is 0 Å². The van der Waals surface area contributed by atoms with E-state index < -0.39 is 0 Å². The standard InChI is InChI=1S/C14H20ClN3O/c15-12-8-13(18-14(17-12)10-4-5-10)16-11-3-1-2-9(11)6-7-19/h8-11,19H,1-7H2,(H,16,17,18). The predicted molar refractivity (Wildman–Crippen MR) is 75.5 cm³/mol. The number of halogens is 1. The number of nitrogens with one attached hydrogen (secondary N) is 1. The summed E-state index contributed by atoms with van der Waals surface area (Å²) >= 11 is 6.07. The van der Waals surface area contributed by atoms with Crippen molar-refractivity contribution in [2.75, 3.05) is 11.9 Å². The van der Waals surface area contributed by atoms with Gasteiger partial charge in [0.1, 0.15) is 16.8 Å². The van der Waals surface area contributed by atoms with Crippen LogP contribution in [-0.4, -0.2) is 27.7 Å². The van der Waals surface area contributed by atoms with Crippen LogP contribution in [0.1, 0.15) is 50.3 Å². The number of rotatable bonds is 5. The molecule has 0 radical (unpaired) electrons. The fourth-order valence-electron chi connectivity index (χ4n) is 2.96. The molecule has 0 aliphatic heterocycles. The van der Waals surface area contributed by atoms with Gasteiger partial charge in [-0.05, 0) is 38.0 Å². The lowest BCUT2D eigenvalue weighted by atomic mass is 10.0. The highest BCUT2D eigenvalue weighted by Crippen LogP contribution is 2.39. The summed E-state index contributed by atoms with van der Waals surface area (Å²) in [5.74, 6) is 2.78. The van der Waals surface area contributed by atoms with E-state index in [2.05, 4.69) is 15.3 Å². The van der Waals surface area contributed by atoms with Gasteiger partial charge in [0.25, 0.3) is 0 Å². The van der Waals surface area contributed by atoms with E-state index in [-0.39, 0.29) is 6.61 Å². The van der Waals surface area contributed by atoms with Gasteiger partial charge in [0.2, 0.25) is 0 Å². The van der Waals surface area contributed by atoms with Gasteiger partial charge in [-0.2, -0.15) is 0 Å². The Labute approximate surface area is 118 Å². The first-order valence-corrected chi connectivity index (χ1v) is 7.56. The molecular weight excluding hydrogens is 262 g/mol. The smallest absolute Gasteiger partial charge is 0.135 e. The Morgan fingerprint density at radius 1 is 1.26 bits per heavy atom. The van der Waals surface area contributed by atoms with Crippen LogP contribution in [0, 0.1) is 5.92 Å². The Kier molecular flexibility index (Phi) is 3.89. The van der Waals surface area contributed by atoms with E-state index >= 15 is 0 Å². The van der Waals surface area contributed by atoms with E-state index in [0.29, 0.717) is 23.0 Å². The number of aliphatic hydroxyl groups excluding tert-OH is 1. The van der Waals surface area contributed by atoms with Gasteiger partial charge in [-0.15, -0.1) is 0 Å². The van der Waals surface area contributed by atoms with E-state index in [0.717, 1.165) is 24.5 Å². The van der Waals surface area contributed by atoms with Crippen molar-refractivity contribution in [2.24, 2.45) is 5.92 Å². The van der Waals surface area contributed by atoms with E-state index in [1.807, 2.05) is 6.07 Å². The lowest BCUT2D eigenvalue weighted by Gasteiger charge is -2.21. The summed E-state index contributed by atoms with van der Waals surface area (Å²) in [7, 11) is 0. The summed E-state index contributed by atoms with van der Waals surface area (Å²) in [4.78, 5) is 8.88. The first-order valence-electron chi connectivity index (χ1n) is 7.18. The topological polar surface area (TPSA) is 58.0 Å². The highest BCUT2D eigenvalue weighted by Gasteiger charge is 2.29. The van der Waals surface area contributed by atoms with E-state index in [4.69, 9.17) is 16.7 Å². The Morgan fingerprint density at radius 2 is 2.11 bits per heavy atom. The van der Waals surface area contributed by atoms with E-state index in [1.54, 1.807) is 0 Å². The number of nitrogens with zero attached hydrogens (tertiary/aromatic N) is 2. The molecule has 5 heteroatoms. The van der Waals surface area contributed by atoms with Crippen molar-refractivity contribution in [3.8, 4) is 0 Å². The number of hydrogen-bond acceptors (Lipinski definition) is 4. The molecule has 19 heavy (non-hydrogen) atoms. The van der Waals surface area contributed by atoms with Crippen LogP contribution in [0.5, 0.6) is 0 Å². The molecule has 1 aromatic heterocycles. The maximum absolute atomic E-state index is 9.11. The van der Waals surface area contributed by atoms with Gasteiger partial charge in [-0.25, -0.2) is 9.97 Å². The zero-order valence-electron chi connectivity index (χ0n) is 11.0. The fourth-order valence-corrected chi connectivity index (χ4v) is 3.15. The van der Waals surface area contributed by atoms with Gasteiger partial charge in [0, 0.05) is 24.6 Å². The van der Waals surface area contributed by atoms with Crippen molar-refractivity contribution in [2.45, 2.75) is 50.5 Å². The molecule has 2 atom stereocenters. The summed E-state index contributed by atoms with van der Waals surface area (Å²) in [6.07, 6.45) is 6.77. The summed E-state index contributed by atoms with van der Waals surface area (Å²) in [6.45, 7) is 0.265. The molecule has 0 bridgehead atoms. The first-order chi connectivity index (χ1) is 9.26. The minimum absolute atomic E-state index is 0.265. The monoisotopic (exact) mass is 281 g/mol. The zero-order chi connectivity index (χ0) is 13.2. The van der Waals surface area contributed by atoms with Gasteiger partial charge in [0.15, 0.2) is 0 Å². The van der Waals surface area contributed by atoms with Crippen molar-refractivity contribution in [3.63, 3.8) is 0 Å². The van der Waals surface area contributed by atoms with Gasteiger partial charge in [0.05, 0.1) is 0 Å². The Morgan fingerprint density at radius 3 is 2.84 bits per heavy atom. The van der Waals surface area contributed by atoms with E-state index in [1.165, 1.54) is 25.7 Å². The lowest BCUT2D eigenvalue weighted by molar-refractivity contribution is 0.254. The molecule has 2 saturated carbocycles. The molecule has 0 aromatic carbocycles. The predicted octanol–water partition coefficient (Wildman–Crippen LogP) is 2.97. The Hall–Kier alpha value is -0.870. The third-order valence-electron chi connectivity index (χ3n) is 4.15. The maximum Gasteiger partial charge on any atom is 0.135 e. The minimum Gasteiger partial charge on any atom is -0.396 e. The molecule has 2 N–H and O–H groups in total. The molecule has 0 saturated heterocycles. The van der Waals surface area contributed by atoms with Gasteiger partial charge < -0.3 is 10.4 Å². The molecule has 104 valence electrons. The third kappa shape index (κ3) is 3.18. The van der Waals surface area contributed by atoms with Crippen LogP contribution in [0.3, 0.4) is 0 Å². The molecular formula is C14H20ClN3O. The summed E-state index contributed by atoms with van der Waals surface area (Å²) in [6, 6.07) is 2.21. The summed E-state index contributed by atoms with van der Waals surface area (Å²) < 4.78 is 0. The first kappa shape index (κ1) is 13.1. The summed E-state index contributed by atoms with van der Waals surface area (Å²) in [5, 5.41) is 13.1. The second-order valence-corrected chi connectivity index (χ2v) is 6.05. The van der Waals surface area contributed by atoms with Gasteiger partial charge >= 0.3 is 0 Å². The Bertz CT molecular complexity index is 450. The molecule has 2 unspecified atom stereocenters. The molecule has 0 spiro atoms. The quantitative estimate of drug-likeness (QED) is 0.815. The number of anilines is 1. The van der Waals surface area contributed by atoms with Crippen molar-refractivity contribution in [1.29, 1.82) is 0 Å². The molecule has 2 aliphatic carbocycles. The molecule has 2 fully saturated rings. The van der Waals surface area contributed by atoms with Crippen molar-refractivity contribution >= 4 is 17.4 Å². The molecule has 3 rings (SSSR count). The number of aromatic nitrogens is 2. The van der Waals surface area contributed by atoms with Gasteiger partial charge in [-0.3, -0.25) is 0 Å². The van der Waals surface area contributed by atoms with Crippen molar-refractivity contribution < 1.29 is 5.11 Å². The zero-order valence-corrected chi connectivity index (χ0v) is 11.7. The minimum atomic E-state index is 0.265. The molecule has 1 heterocycles. The second kappa shape index (κ2) is 5.63. The Balaban J connectivity index is 1.71. The maximum atomic E-state index is 9.11. The van der Waals surface area contributed by atoms with Crippen LogP contribution in [0.4, 0.5) is 5.82 Å². The van der Waals surface area contributed by atoms with Crippen LogP contribution in [0.2, 0.25) is 5.15 Å². The summed E-state index contributed by atoms with van der Waals surface area (Å²) in [5.41, 5.74) is 0. The highest BCUT2D eigenvalue weighted by molar-refractivity contribution is 6.29. The van der Waals surface area contributed by atoms with E-state index in [9.17, 15) is 0 Å². The van der Waals surface area contributed by atoms with Gasteiger partial charge in [-0.1, -0.05) is 18.0 Å². The molecule has 4 nitrogen and oxygen atoms in total. The molecule has 2 aliphatic rings. The number of hydrogen-bond donors (Lipinski definition) is 2. The van der Waals surface area contributed by atoms with Crippen LogP contribution < -0.4 is 5.32 Å². The van der Waals surface area contributed by atoms with Crippen LogP contribution in [0.15, 0.2) is 6.07 Å². The largest absolute Gasteiger partial charge is 0.396 e. The fraction of sp³-hybridized carbons (Fsp3) is 0.714. The van der Waals surface area contributed by atoms with Crippen molar-refractivity contribution in [1.82, 2.24) is 9.97 Å². The molecule has 1 aromatic rings. The average molecular weight is 282 g/mol. The number of aliphatic hydroxyl groups is 1. The lowest BCUT2D eigenvalue weighted by Crippen LogP contribution is -2.25. The second-order valence-electron chi connectivity index (χ2n) is 5.66. The van der Waals surface area contributed by atoms with Crippen LogP contribution >= 0.6 is 11.6 Å². The SMILES string of the molecule is OCCC1CCCC1Nc1cc(Cl)nc(C2CC2)n1. The normalized spacial score (nSPS) is 26.6. The van der Waals surface area contributed by atoms with Crippen molar-refractivity contribution in [3.05, 3.63) is 17.0 Å². The molecule has 0 amide bonds. The highest BCUT2D eigenvalue weighted by atomic mass is 35.5. The average Bonchev–Trinajstić information content (AvgIpc) is 3.14. The van der Waals surface area contributed by atoms with Crippen LogP contribution in [0.25, 0.3) is 0 Å².